The first-order valence-corrected chi connectivity index (χ1v) is 9.34. The van der Waals surface area contributed by atoms with Crippen LogP contribution < -0.4 is 8.70 Å². The molecule has 0 saturated heterocycles. The van der Waals surface area contributed by atoms with Crippen LogP contribution in [0.2, 0.25) is 0 Å². The van der Waals surface area contributed by atoms with Crippen LogP contribution in [-0.4, -0.2) is 25.8 Å². The van der Waals surface area contributed by atoms with Gasteiger partial charge in [-0.25, -0.2) is 0 Å². The molecule has 23 heavy (non-hydrogen) atoms. The van der Waals surface area contributed by atoms with E-state index in [4.69, 9.17) is 0 Å². The van der Waals surface area contributed by atoms with Crippen LogP contribution in [0.4, 0.5) is 0 Å². The van der Waals surface area contributed by atoms with E-state index in [9.17, 15) is 5.11 Å². The van der Waals surface area contributed by atoms with Crippen LogP contribution in [0.15, 0.2) is 79.0 Å². The molecule has 2 nitrogen and oxygen atoms in total. The summed E-state index contributed by atoms with van der Waals surface area (Å²) in [5.41, 5.74) is 3.33. The summed E-state index contributed by atoms with van der Waals surface area (Å²) in [5.74, 6) is 0.330. The number of hydrogen-bond donors (Lipinski definition) is 2. The van der Waals surface area contributed by atoms with Gasteiger partial charge in [0.25, 0.3) is 0 Å². The Kier molecular flexibility index (Phi) is 3.69. The third-order valence-corrected chi connectivity index (χ3v) is 6.07. The van der Waals surface area contributed by atoms with Gasteiger partial charge in [0.15, 0.2) is 0 Å². The SMILES string of the molecule is Oc1cc([As]c2ccccc2)cc(-c2cccc3[nH]ccc23)c1. The third kappa shape index (κ3) is 2.91. The van der Waals surface area contributed by atoms with Gasteiger partial charge in [0.2, 0.25) is 0 Å². The predicted molar refractivity (Wildman–Crippen MR) is 96.9 cm³/mol. The van der Waals surface area contributed by atoms with Crippen molar-refractivity contribution >= 4 is 35.4 Å². The predicted octanol–water partition coefficient (Wildman–Crippen LogP) is 3.20. The molecule has 0 aliphatic carbocycles. The molecule has 3 heteroatoms. The molecule has 0 saturated carbocycles. The number of benzene rings is 3. The van der Waals surface area contributed by atoms with E-state index in [-0.39, 0.29) is 15.8 Å². The topological polar surface area (TPSA) is 36.0 Å². The van der Waals surface area contributed by atoms with Gasteiger partial charge in [-0.2, -0.15) is 0 Å². The molecular weight excluding hydrogens is 345 g/mol. The van der Waals surface area contributed by atoms with Crippen LogP contribution in [0.5, 0.6) is 5.75 Å². The number of H-pyrrole nitrogens is 1. The molecule has 0 aliphatic heterocycles. The minimum atomic E-state index is -0.133. The summed E-state index contributed by atoms with van der Waals surface area (Å²) in [6.07, 6.45) is 1.95. The number of aromatic nitrogens is 1. The van der Waals surface area contributed by atoms with Crippen LogP contribution in [0.3, 0.4) is 0 Å². The van der Waals surface area contributed by atoms with Crippen LogP contribution in [-0.2, 0) is 0 Å². The number of nitrogens with one attached hydrogen (secondary N) is 1. The fraction of sp³-hybridized carbons (Fsp3) is 0. The van der Waals surface area contributed by atoms with Crippen molar-refractivity contribution in [3.63, 3.8) is 0 Å². The Morgan fingerprint density at radius 3 is 2.52 bits per heavy atom. The maximum absolute atomic E-state index is 10.2. The second-order valence-electron chi connectivity index (χ2n) is 5.43. The Morgan fingerprint density at radius 2 is 1.65 bits per heavy atom. The monoisotopic (exact) mass is 360 g/mol. The fourth-order valence-electron chi connectivity index (χ4n) is 2.80. The number of phenolic OH excluding ortho intramolecular Hbond substituents is 1. The van der Waals surface area contributed by atoms with Gasteiger partial charge in [-0.3, -0.25) is 0 Å². The zero-order valence-electron chi connectivity index (χ0n) is 12.4. The van der Waals surface area contributed by atoms with Gasteiger partial charge < -0.3 is 0 Å². The average Bonchev–Trinajstić information content (AvgIpc) is 3.04. The van der Waals surface area contributed by atoms with Gasteiger partial charge in [0.05, 0.1) is 0 Å². The molecule has 0 amide bonds. The van der Waals surface area contributed by atoms with Crippen molar-refractivity contribution in [3.05, 3.63) is 79.0 Å². The van der Waals surface area contributed by atoms with E-state index in [0.29, 0.717) is 5.75 Å². The van der Waals surface area contributed by atoms with E-state index < -0.39 is 0 Å². The molecule has 3 aromatic carbocycles. The van der Waals surface area contributed by atoms with Gasteiger partial charge in [0, 0.05) is 0 Å². The van der Waals surface area contributed by atoms with E-state index in [1.54, 1.807) is 0 Å². The number of hydrogen-bond acceptors (Lipinski definition) is 1. The molecule has 0 aliphatic rings. The molecule has 2 N–H and O–H groups in total. The van der Waals surface area contributed by atoms with E-state index in [0.717, 1.165) is 16.6 Å². The van der Waals surface area contributed by atoms with E-state index in [2.05, 4.69) is 53.5 Å². The van der Waals surface area contributed by atoms with Crippen molar-refractivity contribution in [2.75, 3.05) is 0 Å². The van der Waals surface area contributed by atoms with E-state index >= 15 is 0 Å². The van der Waals surface area contributed by atoms with Crippen molar-refractivity contribution in [2.24, 2.45) is 0 Å². The summed E-state index contributed by atoms with van der Waals surface area (Å²) >= 11 is -0.133. The number of fused-ring (bicyclic) bond motifs is 1. The zero-order chi connectivity index (χ0) is 15.6. The third-order valence-electron chi connectivity index (χ3n) is 3.82. The second-order valence-corrected chi connectivity index (χ2v) is 8.07. The Labute approximate surface area is 141 Å². The molecule has 1 radical (unpaired) electrons. The summed E-state index contributed by atoms with van der Waals surface area (Å²) in [7, 11) is 0. The Balaban J connectivity index is 1.79. The van der Waals surface area contributed by atoms with Crippen molar-refractivity contribution < 1.29 is 5.11 Å². The molecule has 0 fully saturated rings. The first kappa shape index (κ1) is 14.2. The van der Waals surface area contributed by atoms with Gasteiger partial charge in [-0.05, 0) is 0 Å². The molecule has 4 rings (SSSR count). The quantitative estimate of drug-likeness (QED) is 0.541. The molecule has 1 heterocycles. The summed E-state index contributed by atoms with van der Waals surface area (Å²) in [4.78, 5) is 3.24. The minimum absolute atomic E-state index is 0.133. The molecular formula is C20H15AsNO. The van der Waals surface area contributed by atoms with Gasteiger partial charge in [0.1, 0.15) is 0 Å². The summed E-state index contributed by atoms with van der Waals surface area (Å²) < 4.78 is 2.54. The molecule has 0 atom stereocenters. The van der Waals surface area contributed by atoms with Crippen molar-refractivity contribution in [2.45, 2.75) is 0 Å². The van der Waals surface area contributed by atoms with Gasteiger partial charge in [-0.1, -0.05) is 0 Å². The molecule has 4 aromatic rings. The molecule has 0 bridgehead atoms. The first-order chi connectivity index (χ1) is 11.3. The maximum atomic E-state index is 10.2. The van der Waals surface area contributed by atoms with Crippen molar-refractivity contribution in [1.29, 1.82) is 0 Å². The molecule has 1 aromatic heterocycles. The molecule has 0 spiro atoms. The number of aromatic amines is 1. The van der Waals surface area contributed by atoms with Crippen LogP contribution in [0.1, 0.15) is 0 Å². The van der Waals surface area contributed by atoms with Gasteiger partial charge >= 0.3 is 141 Å². The second kappa shape index (κ2) is 5.98. The van der Waals surface area contributed by atoms with Crippen molar-refractivity contribution in [3.8, 4) is 16.9 Å². The average molecular weight is 360 g/mol. The Bertz CT molecular complexity index is 960. The fourth-order valence-corrected chi connectivity index (χ4v) is 4.94. The number of rotatable bonds is 3. The summed E-state index contributed by atoms with van der Waals surface area (Å²) in [6, 6.07) is 24.7. The molecule has 111 valence electrons. The number of phenols is 1. The van der Waals surface area contributed by atoms with E-state index in [1.807, 2.05) is 30.5 Å². The van der Waals surface area contributed by atoms with Gasteiger partial charge in [-0.15, -0.1) is 0 Å². The normalized spacial score (nSPS) is 11.5. The molecule has 0 unspecified atom stereocenters. The Hall–Kier alpha value is -2.44. The van der Waals surface area contributed by atoms with E-state index in [1.165, 1.54) is 14.1 Å². The number of aromatic hydroxyl groups is 1. The van der Waals surface area contributed by atoms with Crippen molar-refractivity contribution in [1.82, 2.24) is 4.98 Å². The summed E-state index contributed by atoms with van der Waals surface area (Å²) in [5, 5.41) is 11.3. The van der Waals surface area contributed by atoms with Crippen LogP contribution in [0, 0.1) is 0 Å². The zero-order valence-corrected chi connectivity index (χ0v) is 14.3. The van der Waals surface area contributed by atoms with Crippen LogP contribution >= 0.6 is 0 Å². The Morgan fingerprint density at radius 1 is 0.783 bits per heavy atom. The van der Waals surface area contributed by atoms with Crippen LogP contribution in [0.25, 0.3) is 22.0 Å². The summed E-state index contributed by atoms with van der Waals surface area (Å²) in [6.45, 7) is 0. The standard InChI is InChI=1S/C20H15AsNO/c23-17-12-14(18-7-4-8-20-19(18)9-10-22-20)11-16(13-17)21-15-5-2-1-3-6-15/h1-13,22-23H. The first-order valence-electron chi connectivity index (χ1n) is 7.47.